The fourth-order valence-corrected chi connectivity index (χ4v) is 2.37. The van der Waals surface area contributed by atoms with E-state index in [1.54, 1.807) is 0 Å². The maximum atomic E-state index is 9.12. The second-order valence-electron chi connectivity index (χ2n) is 6.63. The predicted octanol–water partition coefficient (Wildman–Crippen LogP) is 2.67. The Morgan fingerprint density at radius 1 is 0.529 bits per heavy atom. The molecule has 0 aliphatic heterocycles. The van der Waals surface area contributed by atoms with Crippen LogP contribution in [-0.2, 0) is 0 Å². The summed E-state index contributed by atoms with van der Waals surface area (Å²) in [5, 5.41) is 32.5. The van der Waals surface area contributed by atoms with Gasteiger partial charge in [-0.15, -0.1) is 0 Å². The fourth-order valence-electron chi connectivity index (χ4n) is 2.00. The van der Waals surface area contributed by atoms with E-state index in [1.165, 1.54) is 0 Å². The van der Waals surface area contributed by atoms with Crippen LogP contribution in [0.5, 0.6) is 0 Å². The van der Waals surface area contributed by atoms with Crippen LogP contribution in [-0.4, -0.2) is 130 Å². The molecule has 0 heterocycles. The normalized spacial score (nSPS) is 8.35. The van der Waals surface area contributed by atoms with Gasteiger partial charge in [-0.25, -0.2) is 0 Å². The molecule has 0 bridgehead atoms. The van der Waals surface area contributed by atoms with Crippen LogP contribution < -0.4 is 11.5 Å². The third-order valence-electron chi connectivity index (χ3n) is 3.67. The first kappa shape index (κ1) is 47.7. The number of rotatable bonds is 12. The Balaban J connectivity index is -0.0000000840. The average molecular weight is 957 g/mol. The molecule has 0 unspecified atom stereocenters. The summed E-state index contributed by atoms with van der Waals surface area (Å²) in [6.45, 7) is 12.1. The number of aliphatic hydroxyl groups is 4. The minimum atomic E-state index is -0.500. The molecule has 0 spiro atoms. The predicted molar refractivity (Wildman–Crippen MR) is 172 cm³/mol. The Labute approximate surface area is 266 Å². The summed E-state index contributed by atoms with van der Waals surface area (Å²) in [6.07, 6.45) is 8.98. The van der Waals surface area contributed by atoms with E-state index in [0.717, 1.165) is 77.5 Å². The number of unbranched alkanes of at least 4 members (excludes halogenated alkanes) is 4. The third-order valence-corrected chi connectivity index (χ3v) is 4.18. The molecule has 0 aromatic rings. The van der Waals surface area contributed by atoms with Crippen LogP contribution in [0.3, 0.4) is 0 Å². The number of thiocarbonyl (C=S) groups is 4. The number of hydrogen-bond donors (Lipinski definition) is 6. The van der Waals surface area contributed by atoms with E-state index >= 15 is 0 Å². The Hall–Kier alpha value is 0.526. The van der Waals surface area contributed by atoms with Gasteiger partial charge in [-0.1, -0.05) is 53.4 Å². The van der Waals surface area contributed by atoms with Crippen LogP contribution in [0, 0.1) is 0 Å². The fraction of sp³-hybridized carbons (Fsp3) is 0.800. The molecule has 0 saturated heterocycles. The van der Waals surface area contributed by atoms with Crippen LogP contribution in [0.15, 0.2) is 0 Å². The van der Waals surface area contributed by atoms with Crippen molar-refractivity contribution in [2.24, 2.45) is 11.5 Å². The second kappa shape index (κ2) is 38.1. The summed E-state index contributed by atoms with van der Waals surface area (Å²) < 4.78 is 0. The summed E-state index contributed by atoms with van der Waals surface area (Å²) in [4.78, 5) is 3.75. The molecule has 0 aliphatic carbocycles. The molecule has 34 heavy (non-hydrogen) atoms. The molecule has 0 radical (unpaired) electrons. The molecular weight excluding hydrogens is 906 g/mol. The van der Waals surface area contributed by atoms with Gasteiger partial charge in [-0.3, -0.25) is 0 Å². The van der Waals surface area contributed by atoms with Crippen molar-refractivity contribution >= 4 is 122 Å². The first-order chi connectivity index (χ1) is 14.9. The number of aliphatic hydroxyl groups excluding tert-OH is 4. The van der Waals surface area contributed by atoms with Gasteiger partial charge >= 0.3 is 52.4 Å². The van der Waals surface area contributed by atoms with E-state index in [9.17, 15) is 0 Å². The third kappa shape index (κ3) is 53.7. The SMILES string of the molecule is CCCCN(CCCC)C(O)=S.CCCCN(CCCC)C(O)=S.NC(O)=S.NC(O)=S.[BiH3].[BiH3]. The standard InChI is InChI=1S/2C9H19NOS.2CH3NOS.2Bi.6H/c2*1-3-5-7-10(9(11)12)8-6-4-2;2*2-1(3)4;;;;;;;;/h2*3-8H2,1-2H3,(H,11,12);2*(H3,2,3,4);;;;;;;;. The van der Waals surface area contributed by atoms with Gasteiger partial charge in [-0.2, -0.15) is 0 Å². The zero-order valence-corrected chi connectivity index (χ0v) is 35.6. The maximum absolute atomic E-state index is 9.12. The number of hydrogen-bond acceptors (Lipinski definition) is 4. The average Bonchev–Trinajstić information content (AvgIpc) is 2.67. The molecule has 0 amide bonds. The topological polar surface area (TPSA) is 139 Å². The van der Waals surface area contributed by atoms with E-state index in [2.05, 4.69) is 63.6 Å². The van der Waals surface area contributed by atoms with Crippen molar-refractivity contribution in [2.75, 3.05) is 26.2 Å². The summed E-state index contributed by atoms with van der Waals surface area (Å²) in [7, 11) is 0. The van der Waals surface area contributed by atoms with Crippen LogP contribution in [0.25, 0.3) is 0 Å². The zero-order chi connectivity index (χ0) is 25.9. The minimum absolute atomic E-state index is 0. The van der Waals surface area contributed by atoms with Crippen LogP contribution in [0.1, 0.15) is 79.1 Å². The molecule has 208 valence electrons. The Morgan fingerprint density at radius 2 is 0.676 bits per heavy atom. The van der Waals surface area contributed by atoms with E-state index in [4.69, 9.17) is 44.9 Å². The molecule has 0 aromatic heterocycles. The van der Waals surface area contributed by atoms with E-state index in [0.29, 0.717) is 0 Å². The molecule has 14 heteroatoms. The van der Waals surface area contributed by atoms with Crippen molar-refractivity contribution in [1.82, 2.24) is 9.80 Å². The Morgan fingerprint density at radius 3 is 0.765 bits per heavy atom. The van der Waals surface area contributed by atoms with Gasteiger partial charge in [-0.05, 0) is 74.6 Å². The van der Waals surface area contributed by atoms with Crippen molar-refractivity contribution in [3.8, 4) is 0 Å². The van der Waals surface area contributed by atoms with E-state index < -0.39 is 10.3 Å². The quantitative estimate of drug-likeness (QED) is 0.127. The van der Waals surface area contributed by atoms with Crippen LogP contribution >= 0.6 is 48.9 Å². The van der Waals surface area contributed by atoms with E-state index in [-0.39, 0.29) is 62.8 Å². The Bertz CT molecular complexity index is 431. The van der Waals surface area contributed by atoms with Crippen molar-refractivity contribution in [3.05, 3.63) is 0 Å². The second-order valence-corrected chi connectivity index (χ2v) is 8.20. The van der Waals surface area contributed by atoms with Gasteiger partial charge in [0.05, 0.1) is 0 Å². The molecule has 0 fully saturated rings. The molecule has 0 saturated carbocycles. The molecule has 0 aliphatic rings. The van der Waals surface area contributed by atoms with Gasteiger partial charge < -0.3 is 41.7 Å². The summed E-state index contributed by atoms with van der Waals surface area (Å²) in [6, 6.07) is 0. The van der Waals surface area contributed by atoms with Crippen LogP contribution in [0.2, 0.25) is 0 Å². The molecule has 0 rings (SSSR count). The zero-order valence-electron chi connectivity index (χ0n) is 21.4. The molecule has 0 atom stereocenters. The van der Waals surface area contributed by atoms with Gasteiger partial charge in [0.2, 0.25) is 0 Å². The van der Waals surface area contributed by atoms with Gasteiger partial charge in [0.25, 0.3) is 20.7 Å². The van der Waals surface area contributed by atoms with Crippen molar-refractivity contribution in [3.63, 3.8) is 0 Å². The van der Waals surface area contributed by atoms with Crippen LogP contribution in [0.4, 0.5) is 0 Å². The first-order valence-electron chi connectivity index (χ1n) is 10.8. The van der Waals surface area contributed by atoms with E-state index in [1.807, 2.05) is 9.80 Å². The van der Waals surface area contributed by atoms with Crippen molar-refractivity contribution < 1.29 is 20.4 Å². The van der Waals surface area contributed by atoms with Gasteiger partial charge in [0, 0.05) is 26.2 Å². The first-order valence-corrected chi connectivity index (χ1v) is 12.5. The summed E-state index contributed by atoms with van der Waals surface area (Å²) in [5.41, 5.74) is 8.80. The van der Waals surface area contributed by atoms with Gasteiger partial charge in [0.15, 0.2) is 0 Å². The van der Waals surface area contributed by atoms with Crippen molar-refractivity contribution in [2.45, 2.75) is 79.1 Å². The molecular formula is C20H50Bi2N4O4S4. The van der Waals surface area contributed by atoms with Crippen molar-refractivity contribution in [1.29, 1.82) is 0 Å². The summed E-state index contributed by atoms with van der Waals surface area (Å²) >= 11 is 17.2. The monoisotopic (exact) mass is 956 g/mol. The summed E-state index contributed by atoms with van der Waals surface area (Å²) in [5.74, 6) is 0. The number of nitrogens with zero attached hydrogens (tertiary/aromatic N) is 2. The molecule has 8 nitrogen and oxygen atoms in total. The number of nitrogens with two attached hydrogens (primary N) is 2. The molecule has 8 N–H and O–H groups in total. The van der Waals surface area contributed by atoms with Gasteiger partial charge in [0.1, 0.15) is 0 Å². The molecule has 0 aromatic carbocycles. The Kier molecular flexibility index (Phi) is 53.4.